The summed E-state index contributed by atoms with van der Waals surface area (Å²) in [5.41, 5.74) is 3.36. The van der Waals surface area contributed by atoms with Crippen molar-refractivity contribution in [3.8, 4) is 0 Å². The molecule has 1 fully saturated rings. The van der Waals surface area contributed by atoms with Gasteiger partial charge in [0.2, 0.25) is 10.0 Å². The van der Waals surface area contributed by atoms with Crippen molar-refractivity contribution in [3.05, 3.63) is 70.9 Å². The van der Waals surface area contributed by atoms with Crippen LogP contribution in [0.2, 0.25) is 0 Å². The number of piperidine rings is 1. The summed E-state index contributed by atoms with van der Waals surface area (Å²) in [7, 11) is -3.80. The van der Waals surface area contributed by atoms with Gasteiger partial charge in [-0.2, -0.15) is 0 Å². The summed E-state index contributed by atoms with van der Waals surface area (Å²) >= 11 is 0. The van der Waals surface area contributed by atoms with E-state index in [1.165, 1.54) is 17.0 Å². The van der Waals surface area contributed by atoms with Crippen LogP contribution in [0.15, 0.2) is 59.1 Å². The number of nitrogens with zero attached hydrogens (tertiary/aromatic N) is 2. The highest BCUT2D eigenvalue weighted by Crippen LogP contribution is 2.34. The van der Waals surface area contributed by atoms with E-state index in [-0.39, 0.29) is 23.3 Å². The first-order chi connectivity index (χ1) is 14.8. The van der Waals surface area contributed by atoms with E-state index in [1.807, 2.05) is 36.1 Å². The summed E-state index contributed by atoms with van der Waals surface area (Å²) in [5, 5.41) is 5.15. The Labute approximate surface area is 182 Å². The first-order valence-corrected chi connectivity index (χ1v) is 11.8. The maximum atomic E-state index is 13.4. The highest BCUT2D eigenvalue weighted by Gasteiger charge is 2.41. The Hall–Kier alpha value is -2.97. The van der Waals surface area contributed by atoms with Crippen LogP contribution in [0.25, 0.3) is 5.57 Å². The molecule has 7 nitrogen and oxygen atoms in total. The van der Waals surface area contributed by atoms with Gasteiger partial charge < -0.3 is 4.90 Å². The molecule has 0 spiro atoms. The number of carbonyl (C=O) groups excluding carboxylic acids is 2. The van der Waals surface area contributed by atoms with Crippen LogP contribution in [0.3, 0.4) is 0 Å². The molecule has 2 aliphatic heterocycles. The lowest BCUT2D eigenvalue weighted by atomic mass is 10.0. The zero-order valence-electron chi connectivity index (χ0n) is 17.4. The normalized spacial score (nSPS) is 17.6. The SMILES string of the molecule is Cc1ccc(C2=C(N3CCCCC3)C(=O)N(Cc3ccc(S(N)(=O)=O)cc3)C2=O)cc1. The summed E-state index contributed by atoms with van der Waals surface area (Å²) in [6.45, 7) is 3.54. The minimum absolute atomic E-state index is 0.0113. The summed E-state index contributed by atoms with van der Waals surface area (Å²) in [4.78, 5) is 30.0. The molecule has 0 aliphatic carbocycles. The van der Waals surface area contributed by atoms with E-state index in [0.717, 1.165) is 43.5 Å². The maximum Gasteiger partial charge on any atom is 0.278 e. The highest BCUT2D eigenvalue weighted by atomic mass is 32.2. The molecule has 31 heavy (non-hydrogen) atoms. The number of hydrogen-bond acceptors (Lipinski definition) is 5. The lowest BCUT2D eigenvalue weighted by molar-refractivity contribution is -0.138. The largest absolute Gasteiger partial charge is 0.366 e. The van der Waals surface area contributed by atoms with Gasteiger partial charge in [0.15, 0.2) is 0 Å². The van der Waals surface area contributed by atoms with E-state index in [1.54, 1.807) is 12.1 Å². The van der Waals surface area contributed by atoms with Gasteiger partial charge in [-0.15, -0.1) is 0 Å². The molecule has 2 heterocycles. The molecule has 4 rings (SSSR count). The predicted molar refractivity (Wildman–Crippen MR) is 117 cm³/mol. The number of likely N-dealkylation sites (tertiary alicyclic amines) is 1. The van der Waals surface area contributed by atoms with Gasteiger partial charge in [0.25, 0.3) is 11.8 Å². The van der Waals surface area contributed by atoms with E-state index in [4.69, 9.17) is 5.14 Å². The summed E-state index contributed by atoms with van der Waals surface area (Å²) in [6, 6.07) is 13.5. The highest BCUT2D eigenvalue weighted by molar-refractivity contribution is 7.89. The van der Waals surface area contributed by atoms with Gasteiger partial charge in [0.05, 0.1) is 17.0 Å². The van der Waals surface area contributed by atoms with Crippen molar-refractivity contribution >= 4 is 27.4 Å². The molecule has 0 saturated carbocycles. The number of sulfonamides is 1. The predicted octanol–water partition coefficient (Wildman–Crippen LogP) is 2.41. The average molecular weight is 440 g/mol. The quantitative estimate of drug-likeness (QED) is 0.721. The van der Waals surface area contributed by atoms with Crippen LogP contribution in [0.5, 0.6) is 0 Å². The van der Waals surface area contributed by atoms with Crippen molar-refractivity contribution in [2.75, 3.05) is 13.1 Å². The molecular formula is C23H25N3O4S. The van der Waals surface area contributed by atoms with Gasteiger partial charge >= 0.3 is 0 Å². The van der Waals surface area contributed by atoms with E-state index in [2.05, 4.69) is 0 Å². The first-order valence-electron chi connectivity index (χ1n) is 10.3. The van der Waals surface area contributed by atoms with Gasteiger partial charge in [0.1, 0.15) is 5.70 Å². The molecule has 162 valence electrons. The van der Waals surface area contributed by atoms with Gasteiger partial charge in [0, 0.05) is 13.1 Å². The van der Waals surface area contributed by atoms with Crippen LogP contribution in [0.4, 0.5) is 0 Å². The minimum atomic E-state index is -3.80. The number of imide groups is 1. The maximum absolute atomic E-state index is 13.4. The minimum Gasteiger partial charge on any atom is -0.366 e. The fourth-order valence-electron chi connectivity index (χ4n) is 4.07. The third-order valence-corrected chi connectivity index (χ3v) is 6.68. The van der Waals surface area contributed by atoms with E-state index in [0.29, 0.717) is 16.8 Å². The van der Waals surface area contributed by atoms with Gasteiger partial charge in [-0.3, -0.25) is 14.5 Å². The second-order valence-corrected chi connectivity index (χ2v) is 9.58. The zero-order valence-corrected chi connectivity index (χ0v) is 18.2. The van der Waals surface area contributed by atoms with Crippen molar-refractivity contribution < 1.29 is 18.0 Å². The second kappa shape index (κ2) is 8.28. The summed E-state index contributed by atoms with van der Waals surface area (Å²) in [5.74, 6) is -0.636. The molecule has 0 unspecified atom stereocenters. The zero-order chi connectivity index (χ0) is 22.2. The molecule has 2 aliphatic rings. The van der Waals surface area contributed by atoms with Gasteiger partial charge in [-0.05, 0) is 49.4 Å². The Bertz CT molecular complexity index is 1150. The average Bonchev–Trinajstić information content (AvgIpc) is 2.99. The number of aryl methyl sites for hydroxylation is 1. The van der Waals surface area contributed by atoms with Crippen LogP contribution >= 0.6 is 0 Å². The molecule has 8 heteroatoms. The fourth-order valence-corrected chi connectivity index (χ4v) is 4.58. The second-order valence-electron chi connectivity index (χ2n) is 8.02. The number of carbonyl (C=O) groups is 2. The van der Waals surface area contributed by atoms with Crippen LogP contribution in [-0.4, -0.2) is 43.1 Å². The lowest BCUT2D eigenvalue weighted by Gasteiger charge is -2.29. The molecule has 0 atom stereocenters. The van der Waals surface area contributed by atoms with E-state index < -0.39 is 10.0 Å². The lowest BCUT2D eigenvalue weighted by Crippen LogP contribution is -2.36. The molecule has 1 saturated heterocycles. The molecule has 0 bridgehead atoms. The van der Waals surface area contributed by atoms with Crippen molar-refractivity contribution in [1.29, 1.82) is 0 Å². The Morgan fingerprint density at radius 3 is 2.06 bits per heavy atom. The van der Waals surface area contributed by atoms with E-state index in [9.17, 15) is 18.0 Å². The number of rotatable bonds is 5. The smallest absolute Gasteiger partial charge is 0.278 e. The van der Waals surface area contributed by atoms with Gasteiger partial charge in [-0.1, -0.05) is 42.0 Å². The number of amides is 2. The molecule has 2 amide bonds. The molecule has 0 radical (unpaired) electrons. The fraction of sp³-hybridized carbons (Fsp3) is 0.304. The van der Waals surface area contributed by atoms with Crippen LogP contribution in [0.1, 0.15) is 36.0 Å². The molecule has 2 N–H and O–H groups in total. The van der Waals surface area contributed by atoms with Gasteiger partial charge in [-0.25, -0.2) is 13.6 Å². The number of benzene rings is 2. The molecule has 0 aromatic heterocycles. The monoisotopic (exact) mass is 439 g/mol. The molecular weight excluding hydrogens is 414 g/mol. The third kappa shape index (κ3) is 4.26. The Kier molecular flexibility index (Phi) is 5.68. The number of nitrogens with two attached hydrogens (primary N) is 1. The topological polar surface area (TPSA) is 101 Å². The number of hydrogen-bond donors (Lipinski definition) is 1. The van der Waals surface area contributed by atoms with Crippen molar-refractivity contribution in [2.45, 2.75) is 37.6 Å². The molecule has 2 aromatic carbocycles. The Balaban J connectivity index is 1.68. The van der Waals surface area contributed by atoms with Crippen molar-refractivity contribution in [3.63, 3.8) is 0 Å². The Morgan fingerprint density at radius 2 is 1.48 bits per heavy atom. The van der Waals surface area contributed by atoms with Crippen LogP contribution < -0.4 is 5.14 Å². The summed E-state index contributed by atoms with van der Waals surface area (Å²) in [6.07, 6.45) is 3.09. The van der Waals surface area contributed by atoms with Crippen LogP contribution in [-0.2, 0) is 26.2 Å². The molecule has 2 aromatic rings. The first kappa shape index (κ1) is 21.3. The van der Waals surface area contributed by atoms with Crippen molar-refractivity contribution in [2.24, 2.45) is 5.14 Å². The Morgan fingerprint density at radius 1 is 0.871 bits per heavy atom. The standard InChI is InChI=1S/C23H25N3O4S/c1-16-5-9-18(10-6-16)20-21(25-13-3-2-4-14-25)23(28)26(22(20)27)15-17-7-11-19(12-8-17)31(24,29)30/h5-12H,2-4,13-15H2,1H3,(H2,24,29,30). The van der Waals surface area contributed by atoms with Crippen molar-refractivity contribution in [1.82, 2.24) is 9.80 Å². The van der Waals surface area contributed by atoms with Crippen LogP contribution in [0, 0.1) is 6.92 Å². The third-order valence-electron chi connectivity index (χ3n) is 5.75. The summed E-state index contributed by atoms with van der Waals surface area (Å²) < 4.78 is 23.0. The van der Waals surface area contributed by atoms with E-state index >= 15 is 0 Å². The number of primary sulfonamides is 1.